The number of aromatic nitrogens is 4. The Bertz CT molecular complexity index is 830. The first-order valence-corrected chi connectivity index (χ1v) is 11.0. The predicted molar refractivity (Wildman–Crippen MR) is 112 cm³/mol. The second-order valence-electron chi connectivity index (χ2n) is 7.68. The summed E-state index contributed by atoms with van der Waals surface area (Å²) in [6, 6.07) is 7.72. The van der Waals surface area contributed by atoms with Crippen LogP contribution in [0, 0.1) is 0 Å². The summed E-state index contributed by atoms with van der Waals surface area (Å²) < 4.78 is 1.60. The molecule has 1 unspecified atom stereocenters. The fourth-order valence-electron chi connectivity index (χ4n) is 3.31. The van der Waals surface area contributed by atoms with Gasteiger partial charge in [0.2, 0.25) is 11.1 Å². The van der Waals surface area contributed by atoms with Crippen molar-refractivity contribution in [2.75, 3.05) is 0 Å². The molecule has 0 aliphatic heterocycles. The quantitative estimate of drug-likeness (QED) is 0.700. The molecule has 2 aromatic rings. The van der Waals surface area contributed by atoms with Gasteiger partial charge in [-0.05, 0) is 53.8 Å². The summed E-state index contributed by atoms with van der Waals surface area (Å²) in [5.74, 6) is 0.0725. The first-order valence-electron chi connectivity index (χ1n) is 10.1. The van der Waals surface area contributed by atoms with Crippen molar-refractivity contribution in [1.82, 2.24) is 30.8 Å². The van der Waals surface area contributed by atoms with Crippen LogP contribution in [-0.2, 0) is 4.79 Å². The SMILES string of the molecule is CC(Sc1nnnn1-c1ccc(C(C)C)cc1)C(=O)NC(=O)NC1CCCCC1. The van der Waals surface area contributed by atoms with Crippen LogP contribution in [0.15, 0.2) is 29.4 Å². The van der Waals surface area contributed by atoms with Crippen LogP contribution in [0.1, 0.15) is 64.4 Å². The molecule has 1 atom stereocenters. The Hall–Kier alpha value is -2.42. The zero-order chi connectivity index (χ0) is 20.8. The van der Waals surface area contributed by atoms with Crippen LogP contribution in [0.25, 0.3) is 5.69 Å². The third-order valence-corrected chi connectivity index (χ3v) is 6.11. The lowest BCUT2D eigenvalue weighted by atomic mass is 9.96. The first-order chi connectivity index (χ1) is 13.9. The van der Waals surface area contributed by atoms with Crippen LogP contribution in [0.3, 0.4) is 0 Å². The van der Waals surface area contributed by atoms with E-state index in [2.05, 4.69) is 40.0 Å². The van der Waals surface area contributed by atoms with Gasteiger partial charge in [-0.2, -0.15) is 4.68 Å². The van der Waals surface area contributed by atoms with Gasteiger partial charge < -0.3 is 5.32 Å². The van der Waals surface area contributed by atoms with Crippen LogP contribution in [0.4, 0.5) is 4.79 Å². The van der Waals surface area contributed by atoms with Crippen molar-refractivity contribution >= 4 is 23.7 Å². The van der Waals surface area contributed by atoms with E-state index in [0.29, 0.717) is 11.1 Å². The van der Waals surface area contributed by atoms with Crippen molar-refractivity contribution in [1.29, 1.82) is 0 Å². The molecule has 0 spiro atoms. The van der Waals surface area contributed by atoms with Gasteiger partial charge in [-0.25, -0.2) is 4.79 Å². The van der Waals surface area contributed by atoms with Crippen LogP contribution in [0.2, 0.25) is 0 Å². The summed E-state index contributed by atoms with van der Waals surface area (Å²) in [5, 5.41) is 17.1. The van der Waals surface area contributed by atoms with Crippen molar-refractivity contribution in [2.45, 2.75) is 75.2 Å². The van der Waals surface area contributed by atoms with Crippen molar-refractivity contribution in [3.8, 4) is 5.69 Å². The number of carbonyl (C=O) groups excluding carboxylic acids is 2. The number of hydrogen-bond acceptors (Lipinski definition) is 6. The van der Waals surface area contributed by atoms with E-state index in [0.717, 1.165) is 31.4 Å². The molecule has 156 valence electrons. The average Bonchev–Trinajstić information content (AvgIpc) is 3.16. The number of hydrogen-bond donors (Lipinski definition) is 2. The van der Waals surface area contributed by atoms with E-state index in [1.165, 1.54) is 23.7 Å². The lowest BCUT2D eigenvalue weighted by molar-refractivity contribution is -0.119. The maximum Gasteiger partial charge on any atom is 0.321 e. The number of urea groups is 1. The molecule has 0 radical (unpaired) electrons. The van der Waals surface area contributed by atoms with Crippen LogP contribution >= 0.6 is 11.8 Å². The van der Waals surface area contributed by atoms with Gasteiger partial charge in [0.05, 0.1) is 10.9 Å². The van der Waals surface area contributed by atoms with Crippen LogP contribution in [0.5, 0.6) is 0 Å². The van der Waals surface area contributed by atoms with E-state index >= 15 is 0 Å². The Labute approximate surface area is 175 Å². The molecule has 0 bridgehead atoms. The van der Waals surface area contributed by atoms with Gasteiger partial charge in [-0.15, -0.1) is 5.10 Å². The number of carbonyl (C=O) groups is 2. The molecule has 1 aromatic carbocycles. The number of rotatable bonds is 6. The summed E-state index contributed by atoms with van der Waals surface area (Å²) in [6.07, 6.45) is 5.38. The maximum absolute atomic E-state index is 12.4. The molecule has 1 heterocycles. The highest BCUT2D eigenvalue weighted by atomic mass is 32.2. The topological polar surface area (TPSA) is 102 Å². The molecule has 2 N–H and O–H groups in total. The first kappa shape index (κ1) is 21.3. The summed E-state index contributed by atoms with van der Waals surface area (Å²) in [4.78, 5) is 24.5. The van der Waals surface area contributed by atoms with E-state index in [9.17, 15) is 9.59 Å². The largest absolute Gasteiger partial charge is 0.335 e. The molecule has 1 saturated carbocycles. The van der Waals surface area contributed by atoms with Crippen molar-refractivity contribution in [2.24, 2.45) is 0 Å². The Balaban J connectivity index is 1.57. The predicted octanol–water partition coefficient (Wildman–Crippen LogP) is 3.42. The fourth-order valence-corrected chi connectivity index (χ4v) is 4.12. The minimum Gasteiger partial charge on any atom is -0.335 e. The van der Waals surface area contributed by atoms with Crippen LogP contribution < -0.4 is 10.6 Å². The highest BCUT2D eigenvalue weighted by molar-refractivity contribution is 8.00. The van der Waals surface area contributed by atoms with Gasteiger partial charge in [0.25, 0.3) is 0 Å². The fraction of sp³-hybridized carbons (Fsp3) is 0.550. The van der Waals surface area contributed by atoms with E-state index in [1.54, 1.807) is 11.6 Å². The number of thioether (sulfide) groups is 1. The van der Waals surface area contributed by atoms with Gasteiger partial charge in [0.15, 0.2) is 0 Å². The van der Waals surface area contributed by atoms with E-state index in [1.807, 2.05) is 24.3 Å². The number of amides is 3. The number of benzene rings is 1. The Morgan fingerprint density at radius 3 is 2.45 bits per heavy atom. The van der Waals surface area contributed by atoms with Gasteiger partial charge in [0, 0.05) is 6.04 Å². The Kier molecular flexibility index (Phi) is 7.24. The lowest BCUT2D eigenvalue weighted by Gasteiger charge is -2.23. The van der Waals surface area contributed by atoms with Crippen molar-refractivity contribution < 1.29 is 9.59 Å². The van der Waals surface area contributed by atoms with Crippen LogP contribution in [-0.4, -0.2) is 43.4 Å². The highest BCUT2D eigenvalue weighted by Gasteiger charge is 2.22. The summed E-state index contributed by atoms with van der Waals surface area (Å²) in [6.45, 7) is 6.00. The average molecular weight is 417 g/mol. The van der Waals surface area contributed by atoms with Gasteiger partial charge in [-0.3, -0.25) is 10.1 Å². The minimum atomic E-state index is -0.521. The van der Waals surface area contributed by atoms with E-state index in [-0.39, 0.29) is 11.9 Å². The number of nitrogens with one attached hydrogen (secondary N) is 2. The molecule has 3 amide bonds. The molecule has 3 rings (SSSR count). The zero-order valence-electron chi connectivity index (χ0n) is 17.1. The zero-order valence-corrected chi connectivity index (χ0v) is 17.9. The number of imide groups is 1. The summed E-state index contributed by atoms with van der Waals surface area (Å²) in [7, 11) is 0. The normalized spacial score (nSPS) is 15.9. The highest BCUT2D eigenvalue weighted by Crippen LogP contribution is 2.24. The smallest absolute Gasteiger partial charge is 0.321 e. The standard InChI is InChI=1S/C20H28N6O2S/c1-13(2)15-9-11-17(12-10-15)26-20(23-24-25-26)29-14(3)18(27)22-19(28)21-16-7-5-4-6-8-16/h9-14,16H,4-8H2,1-3H3,(H2,21,22,27,28). The number of nitrogens with zero attached hydrogens (tertiary/aromatic N) is 4. The molecule has 1 aromatic heterocycles. The summed E-state index contributed by atoms with van der Waals surface area (Å²) >= 11 is 1.21. The maximum atomic E-state index is 12.4. The minimum absolute atomic E-state index is 0.153. The Morgan fingerprint density at radius 2 is 1.79 bits per heavy atom. The van der Waals surface area contributed by atoms with E-state index in [4.69, 9.17) is 0 Å². The van der Waals surface area contributed by atoms with Crippen molar-refractivity contribution in [3.63, 3.8) is 0 Å². The molecule has 1 aliphatic carbocycles. The molecule has 9 heteroatoms. The Morgan fingerprint density at radius 1 is 1.10 bits per heavy atom. The number of tetrazole rings is 1. The monoisotopic (exact) mass is 416 g/mol. The van der Waals surface area contributed by atoms with E-state index < -0.39 is 11.3 Å². The second kappa shape index (κ2) is 9.87. The van der Waals surface area contributed by atoms with Gasteiger partial charge in [-0.1, -0.05) is 57.0 Å². The molecular formula is C20H28N6O2S. The molecule has 29 heavy (non-hydrogen) atoms. The molecule has 0 saturated heterocycles. The molecular weight excluding hydrogens is 388 g/mol. The molecule has 1 fully saturated rings. The second-order valence-corrected chi connectivity index (χ2v) is 8.99. The van der Waals surface area contributed by atoms with Crippen molar-refractivity contribution in [3.05, 3.63) is 29.8 Å². The third kappa shape index (κ3) is 5.79. The molecule has 1 aliphatic rings. The molecule has 8 nitrogen and oxygen atoms in total. The third-order valence-electron chi connectivity index (χ3n) is 5.07. The van der Waals surface area contributed by atoms with Gasteiger partial charge >= 0.3 is 6.03 Å². The van der Waals surface area contributed by atoms with Gasteiger partial charge in [0.1, 0.15) is 0 Å². The lowest BCUT2D eigenvalue weighted by Crippen LogP contribution is -2.47. The summed E-state index contributed by atoms with van der Waals surface area (Å²) in [5.41, 5.74) is 2.05.